The molecule has 0 bridgehead atoms. The first-order valence-corrected chi connectivity index (χ1v) is 10.2. The summed E-state index contributed by atoms with van der Waals surface area (Å²) in [5, 5.41) is 8.07. The van der Waals surface area contributed by atoms with Gasteiger partial charge in [-0.1, -0.05) is 24.3 Å². The lowest BCUT2D eigenvalue weighted by Gasteiger charge is -2.34. The standard InChI is InChI=1S/C24H24N4O2/c1-29-19-10-6-16(7-11-19)14-18-4-3-5-21-22(18)27-24-25-15-26-28(24)23(21)17-8-12-20(30-2)13-9-17/h6-15,23H,3-5H2,1-2H3,(H,25,26,27)/b18-14+/t23-/m0/s1. The third-order valence-corrected chi connectivity index (χ3v) is 5.81. The first-order chi connectivity index (χ1) is 14.8. The van der Waals surface area contributed by atoms with E-state index in [1.165, 1.54) is 22.4 Å². The molecule has 2 aliphatic rings. The van der Waals surface area contributed by atoms with Crippen molar-refractivity contribution in [3.8, 4) is 11.5 Å². The van der Waals surface area contributed by atoms with Crippen LogP contribution in [0.15, 0.2) is 71.7 Å². The SMILES string of the molecule is COc1ccc(/C=C2\CCCC3=C2Nc2ncnn2[C@H]3c2ccc(OC)cc2)cc1. The maximum absolute atomic E-state index is 5.34. The Balaban J connectivity index is 1.58. The average molecular weight is 400 g/mol. The summed E-state index contributed by atoms with van der Waals surface area (Å²) >= 11 is 0. The van der Waals surface area contributed by atoms with E-state index in [1.54, 1.807) is 20.5 Å². The van der Waals surface area contributed by atoms with E-state index in [4.69, 9.17) is 9.47 Å². The molecule has 1 aromatic heterocycles. The predicted octanol–water partition coefficient (Wildman–Crippen LogP) is 4.83. The predicted molar refractivity (Wildman–Crippen MR) is 117 cm³/mol. The molecule has 5 rings (SSSR count). The Morgan fingerprint density at radius 1 is 0.967 bits per heavy atom. The number of benzene rings is 2. The largest absolute Gasteiger partial charge is 0.497 e. The van der Waals surface area contributed by atoms with E-state index < -0.39 is 0 Å². The summed E-state index contributed by atoms with van der Waals surface area (Å²) in [5.41, 5.74) is 6.17. The van der Waals surface area contributed by atoms with Crippen molar-refractivity contribution in [1.82, 2.24) is 14.8 Å². The molecule has 0 spiro atoms. The van der Waals surface area contributed by atoms with Gasteiger partial charge in [0.05, 0.1) is 14.2 Å². The second kappa shape index (κ2) is 7.71. The van der Waals surface area contributed by atoms with E-state index in [0.717, 1.165) is 42.3 Å². The summed E-state index contributed by atoms with van der Waals surface area (Å²) in [6.07, 6.45) is 7.04. The highest BCUT2D eigenvalue weighted by molar-refractivity contribution is 5.66. The van der Waals surface area contributed by atoms with Crippen LogP contribution in [0.25, 0.3) is 6.08 Å². The van der Waals surface area contributed by atoms with Crippen LogP contribution in [0.3, 0.4) is 0 Å². The molecule has 0 saturated carbocycles. The normalized spacial score (nSPS) is 19.1. The van der Waals surface area contributed by atoms with E-state index in [0.29, 0.717) is 0 Å². The van der Waals surface area contributed by atoms with Crippen molar-refractivity contribution < 1.29 is 9.47 Å². The summed E-state index contributed by atoms with van der Waals surface area (Å²) < 4.78 is 12.6. The summed E-state index contributed by atoms with van der Waals surface area (Å²) in [7, 11) is 3.38. The van der Waals surface area contributed by atoms with Crippen molar-refractivity contribution in [3.05, 3.63) is 82.8 Å². The number of aromatic nitrogens is 3. The van der Waals surface area contributed by atoms with Crippen LogP contribution in [0.4, 0.5) is 5.95 Å². The molecule has 2 heterocycles. The smallest absolute Gasteiger partial charge is 0.226 e. The van der Waals surface area contributed by atoms with Gasteiger partial charge in [0.2, 0.25) is 5.95 Å². The number of hydrogen-bond donors (Lipinski definition) is 1. The maximum Gasteiger partial charge on any atom is 0.226 e. The number of allylic oxidation sites excluding steroid dienone is 2. The third-order valence-electron chi connectivity index (χ3n) is 5.81. The molecule has 6 heteroatoms. The minimum Gasteiger partial charge on any atom is -0.497 e. The Bertz CT molecular complexity index is 1110. The quantitative estimate of drug-likeness (QED) is 0.680. The van der Waals surface area contributed by atoms with Gasteiger partial charge in [0.15, 0.2) is 0 Å². The molecule has 1 aliphatic carbocycles. The molecule has 1 N–H and O–H groups in total. The highest BCUT2D eigenvalue weighted by atomic mass is 16.5. The minimum atomic E-state index is 0.0317. The van der Waals surface area contributed by atoms with Gasteiger partial charge in [-0.25, -0.2) is 4.68 Å². The lowest BCUT2D eigenvalue weighted by Crippen LogP contribution is -2.28. The molecule has 3 aromatic rings. The number of fused-ring (bicyclic) bond motifs is 1. The average Bonchev–Trinajstić information content (AvgIpc) is 3.27. The highest BCUT2D eigenvalue weighted by Gasteiger charge is 2.33. The molecule has 2 aromatic carbocycles. The van der Waals surface area contributed by atoms with Crippen molar-refractivity contribution in [1.29, 1.82) is 0 Å². The number of rotatable bonds is 4. The molecule has 0 amide bonds. The second-order valence-electron chi connectivity index (χ2n) is 7.53. The number of anilines is 1. The first-order valence-electron chi connectivity index (χ1n) is 10.2. The molecule has 30 heavy (non-hydrogen) atoms. The van der Waals surface area contributed by atoms with Crippen LogP contribution in [0.2, 0.25) is 0 Å². The third kappa shape index (κ3) is 3.24. The summed E-state index contributed by atoms with van der Waals surface area (Å²) in [6, 6.07) is 16.4. The number of nitrogens with zero attached hydrogens (tertiary/aromatic N) is 3. The Morgan fingerprint density at radius 3 is 2.37 bits per heavy atom. The van der Waals surface area contributed by atoms with Crippen molar-refractivity contribution in [3.63, 3.8) is 0 Å². The molecule has 0 fully saturated rings. The van der Waals surface area contributed by atoms with E-state index in [1.807, 2.05) is 28.9 Å². The Hall–Kier alpha value is -3.54. The van der Waals surface area contributed by atoms with Gasteiger partial charge in [-0.05, 0) is 71.9 Å². The lowest BCUT2D eigenvalue weighted by atomic mass is 9.83. The fourth-order valence-electron chi connectivity index (χ4n) is 4.32. The van der Waals surface area contributed by atoms with Gasteiger partial charge in [-0.2, -0.15) is 10.1 Å². The van der Waals surface area contributed by atoms with E-state index in [-0.39, 0.29) is 6.04 Å². The van der Waals surface area contributed by atoms with Crippen molar-refractivity contribution >= 4 is 12.0 Å². The number of hydrogen-bond acceptors (Lipinski definition) is 5. The Kier molecular flexibility index (Phi) is 4.75. The van der Waals surface area contributed by atoms with Gasteiger partial charge in [-0.3, -0.25) is 0 Å². The van der Waals surface area contributed by atoms with E-state index >= 15 is 0 Å². The van der Waals surface area contributed by atoms with Crippen LogP contribution in [-0.4, -0.2) is 29.0 Å². The first kappa shape index (κ1) is 18.5. The molecule has 0 radical (unpaired) electrons. The number of ether oxygens (including phenoxy) is 2. The summed E-state index contributed by atoms with van der Waals surface area (Å²) in [6.45, 7) is 0. The van der Waals surface area contributed by atoms with Crippen molar-refractivity contribution in [2.24, 2.45) is 0 Å². The molecular weight excluding hydrogens is 376 g/mol. The fraction of sp³-hybridized carbons (Fsp3) is 0.250. The molecular formula is C24H24N4O2. The highest BCUT2D eigenvalue weighted by Crippen LogP contribution is 2.43. The molecule has 1 atom stereocenters. The zero-order valence-corrected chi connectivity index (χ0v) is 17.1. The number of methoxy groups -OCH3 is 2. The Labute approximate surface area is 175 Å². The zero-order valence-electron chi connectivity index (χ0n) is 17.1. The summed E-state index contributed by atoms with van der Waals surface area (Å²) in [5.74, 6) is 2.49. The topological polar surface area (TPSA) is 61.2 Å². The van der Waals surface area contributed by atoms with E-state index in [9.17, 15) is 0 Å². The second-order valence-corrected chi connectivity index (χ2v) is 7.53. The fourth-order valence-corrected chi connectivity index (χ4v) is 4.32. The monoisotopic (exact) mass is 400 g/mol. The van der Waals surface area contributed by atoms with Crippen molar-refractivity contribution in [2.45, 2.75) is 25.3 Å². The molecule has 152 valence electrons. The van der Waals surface area contributed by atoms with Gasteiger partial charge in [0.1, 0.15) is 23.9 Å². The van der Waals surface area contributed by atoms with Gasteiger partial charge >= 0.3 is 0 Å². The maximum atomic E-state index is 5.34. The molecule has 0 unspecified atom stereocenters. The van der Waals surface area contributed by atoms with Crippen LogP contribution < -0.4 is 14.8 Å². The van der Waals surface area contributed by atoms with Crippen LogP contribution >= 0.6 is 0 Å². The van der Waals surface area contributed by atoms with Gasteiger partial charge in [-0.15, -0.1) is 0 Å². The zero-order chi connectivity index (χ0) is 20.5. The Morgan fingerprint density at radius 2 is 1.67 bits per heavy atom. The van der Waals surface area contributed by atoms with Crippen molar-refractivity contribution in [2.75, 3.05) is 19.5 Å². The number of nitrogens with one attached hydrogen (secondary N) is 1. The lowest BCUT2D eigenvalue weighted by molar-refractivity contribution is 0.414. The van der Waals surface area contributed by atoms with Crippen LogP contribution in [0, 0.1) is 0 Å². The summed E-state index contributed by atoms with van der Waals surface area (Å²) in [4.78, 5) is 4.46. The molecule has 6 nitrogen and oxygen atoms in total. The van der Waals surface area contributed by atoms with Crippen LogP contribution in [-0.2, 0) is 0 Å². The van der Waals surface area contributed by atoms with Crippen LogP contribution in [0.1, 0.15) is 36.4 Å². The molecule has 1 aliphatic heterocycles. The van der Waals surface area contributed by atoms with Gasteiger partial charge in [0, 0.05) is 5.70 Å². The van der Waals surface area contributed by atoms with Gasteiger partial charge in [0.25, 0.3) is 0 Å². The van der Waals surface area contributed by atoms with E-state index in [2.05, 4.69) is 45.7 Å². The van der Waals surface area contributed by atoms with Crippen LogP contribution in [0.5, 0.6) is 11.5 Å². The van der Waals surface area contributed by atoms with Gasteiger partial charge < -0.3 is 14.8 Å². The molecule has 0 saturated heterocycles. The minimum absolute atomic E-state index is 0.0317.